The van der Waals surface area contributed by atoms with Crippen LogP contribution in [-0.2, 0) is 6.61 Å². The van der Waals surface area contributed by atoms with Gasteiger partial charge in [0.2, 0.25) is 0 Å². The topological polar surface area (TPSA) is 67.6 Å². The minimum atomic E-state index is -0.0849. The second kappa shape index (κ2) is 8.11. The van der Waals surface area contributed by atoms with Gasteiger partial charge < -0.3 is 14.5 Å². The lowest BCUT2D eigenvalue weighted by Crippen LogP contribution is -2.43. The Kier molecular flexibility index (Phi) is 5.52. The molecule has 1 atom stereocenters. The predicted molar refractivity (Wildman–Crippen MR) is 117 cm³/mol. The van der Waals surface area contributed by atoms with Gasteiger partial charge in [0, 0.05) is 42.5 Å². The first-order valence-electron chi connectivity index (χ1n) is 10.4. The van der Waals surface area contributed by atoms with Crippen LogP contribution in [-0.4, -0.2) is 40.5 Å². The molecule has 0 radical (unpaired) electrons. The van der Waals surface area contributed by atoms with E-state index in [9.17, 15) is 4.79 Å². The highest BCUT2D eigenvalue weighted by molar-refractivity contribution is 6.07. The lowest BCUT2D eigenvalue weighted by atomic mass is 10.1. The van der Waals surface area contributed by atoms with Crippen molar-refractivity contribution in [1.82, 2.24) is 15.2 Å². The van der Waals surface area contributed by atoms with Crippen molar-refractivity contribution >= 4 is 16.9 Å². The van der Waals surface area contributed by atoms with Gasteiger partial charge in [-0.05, 0) is 70.0 Å². The Hall–Kier alpha value is -2.86. The minimum absolute atomic E-state index is 0.0849. The number of hydrogen-bond donors (Lipinski definition) is 1. The largest absolute Gasteiger partial charge is 0.489 e. The van der Waals surface area contributed by atoms with E-state index in [0.717, 1.165) is 30.5 Å². The fraction of sp³-hybridized carbons (Fsp3) is 0.417. The normalized spacial score (nSPS) is 17.4. The third-order valence-corrected chi connectivity index (χ3v) is 5.69. The Bertz CT molecular complexity index is 1040. The maximum atomic E-state index is 13.1. The molecule has 0 aliphatic carbocycles. The molecule has 0 saturated carbocycles. The molecule has 1 amide bonds. The highest BCUT2D eigenvalue weighted by atomic mass is 16.5. The summed E-state index contributed by atoms with van der Waals surface area (Å²) in [6.45, 7) is 10.8. The van der Waals surface area contributed by atoms with Gasteiger partial charge in [-0.25, -0.2) is 0 Å². The van der Waals surface area contributed by atoms with Crippen LogP contribution in [0.3, 0.4) is 0 Å². The smallest absolute Gasteiger partial charge is 0.255 e. The van der Waals surface area contributed by atoms with Crippen LogP contribution in [0.2, 0.25) is 0 Å². The molecule has 6 nitrogen and oxygen atoms in total. The minimum Gasteiger partial charge on any atom is -0.489 e. The van der Waals surface area contributed by atoms with Crippen molar-refractivity contribution in [3.05, 3.63) is 59.6 Å². The van der Waals surface area contributed by atoms with E-state index < -0.39 is 0 Å². The fourth-order valence-corrected chi connectivity index (χ4v) is 3.96. The second-order valence-electron chi connectivity index (χ2n) is 8.91. The van der Waals surface area contributed by atoms with Gasteiger partial charge >= 0.3 is 0 Å². The zero-order valence-electron chi connectivity index (χ0n) is 18.1. The number of rotatable bonds is 5. The van der Waals surface area contributed by atoms with E-state index in [1.807, 2.05) is 37.3 Å². The van der Waals surface area contributed by atoms with E-state index in [2.05, 4.69) is 36.0 Å². The molecule has 1 fully saturated rings. The molecular weight excluding hydrogens is 378 g/mol. The van der Waals surface area contributed by atoms with E-state index in [4.69, 9.17) is 9.15 Å². The molecule has 1 aliphatic heterocycles. The molecule has 0 spiro atoms. The van der Waals surface area contributed by atoms with Gasteiger partial charge in [0.15, 0.2) is 0 Å². The summed E-state index contributed by atoms with van der Waals surface area (Å²) in [5.41, 5.74) is 2.43. The first-order chi connectivity index (χ1) is 14.3. The number of furan rings is 1. The predicted octanol–water partition coefficient (Wildman–Crippen LogP) is 4.32. The number of carbonyl (C=O) groups excluding carboxylic acids is 1. The maximum absolute atomic E-state index is 13.1. The molecule has 3 heterocycles. The van der Waals surface area contributed by atoms with Crippen molar-refractivity contribution in [3.8, 4) is 5.75 Å². The number of amides is 1. The van der Waals surface area contributed by atoms with E-state index in [-0.39, 0.29) is 17.5 Å². The number of fused-ring (bicyclic) bond motifs is 1. The molecule has 4 rings (SSSR count). The quantitative estimate of drug-likeness (QED) is 0.682. The summed E-state index contributed by atoms with van der Waals surface area (Å²) in [7, 11) is 0. The fourth-order valence-electron chi connectivity index (χ4n) is 3.96. The highest BCUT2D eigenvalue weighted by Gasteiger charge is 2.32. The van der Waals surface area contributed by atoms with Crippen LogP contribution >= 0.6 is 0 Å². The van der Waals surface area contributed by atoms with Gasteiger partial charge in [0.05, 0.1) is 5.56 Å². The SMILES string of the molecule is Cc1oc2ccc(OCc3ccncc3)cc2c1C(=O)N[C@@H]1CCN(C(C)(C)C)C1. The molecule has 1 aliphatic rings. The number of aryl methyl sites for hydroxylation is 1. The van der Waals surface area contributed by atoms with Crippen molar-refractivity contribution in [2.75, 3.05) is 13.1 Å². The van der Waals surface area contributed by atoms with Crippen LogP contribution in [0.25, 0.3) is 11.0 Å². The van der Waals surface area contributed by atoms with Crippen LogP contribution in [0, 0.1) is 6.92 Å². The number of hydrogen-bond acceptors (Lipinski definition) is 5. The standard InChI is InChI=1S/C24H29N3O3/c1-16-22(23(28)26-18-9-12-27(14-18)24(2,3)4)20-13-19(5-6-21(20)30-16)29-15-17-7-10-25-11-8-17/h5-8,10-11,13,18H,9,12,14-15H2,1-4H3,(H,26,28)/t18-/m1/s1. The number of carbonyl (C=O) groups is 1. The Morgan fingerprint density at radius 3 is 2.73 bits per heavy atom. The molecule has 2 aromatic heterocycles. The average Bonchev–Trinajstić information content (AvgIpc) is 3.30. The Balaban J connectivity index is 1.50. The zero-order valence-corrected chi connectivity index (χ0v) is 18.1. The molecule has 158 valence electrons. The van der Waals surface area contributed by atoms with E-state index >= 15 is 0 Å². The summed E-state index contributed by atoms with van der Waals surface area (Å²) in [4.78, 5) is 19.5. The molecule has 30 heavy (non-hydrogen) atoms. The molecule has 0 bridgehead atoms. The summed E-state index contributed by atoms with van der Waals surface area (Å²) in [6, 6.07) is 9.60. The number of aromatic nitrogens is 1. The number of pyridine rings is 1. The van der Waals surface area contributed by atoms with Gasteiger partial charge in [0.25, 0.3) is 5.91 Å². The third-order valence-electron chi connectivity index (χ3n) is 5.69. The molecule has 0 unspecified atom stereocenters. The number of likely N-dealkylation sites (tertiary alicyclic amines) is 1. The zero-order chi connectivity index (χ0) is 21.3. The lowest BCUT2D eigenvalue weighted by Gasteiger charge is -2.31. The van der Waals surface area contributed by atoms with Gasteiger partial charge in [0.1, 0.15) is 23.7 Å². The van der Waals surface area contributed by atoms with Gasteiger partial charge in [-0.15, -0.1) is 0 Å². The lowest BCUT2D eigenvalue weighted by molar-refractivity contribution is 0.0932. The third kappa shape index (κ3) is 4.33. The first kappa shape index (κ1) is 20.4. The summed E-state index contributed by atoms with van der Waals surface area (Å²) in [5.74, 6) is 1.24. The maximum Gasteiger partial charge on any atom is 0.255 e. The summed E-state index contributed by atoms with van der Waals surface area (Å²) in [5, 5.41) is 3.99. The molecular formula is C24H29N3O3. The molecule has 6 heteroatoms. The van der Waals surface area contributed by atoms with E-state index in [1.54, 1.807) is 12.4 Å². The van der Waals surface area contributed by atoms with Crippen LogP contribution < -0.4 is 10.1 Å². The van der Waals surface area contributed by atoms with Crippen molar-refractivity contribution in [2.24, 2.45) is 0 Å². The van der Waals surface area contributed by atoms with E-state index in [0.29, 0.717) is 29.3 Å². The number of nitrogens with one attached hydrogen (secondary N) is 1. The Labute approximate surface area is 177 Å². The average molecular weight is 408 g/mol. The van der Waals surface area contributed by atoms with Crippen molar-refractivity contribution < 1.29 is 13.9 Å². The summed E-state index contributed by atoms with van der Waals surface area (Å²) in [6.07, 6.45) is 4.44. The molecule has 1 saturated heterocycles. The van der Waals surface area contributed by atoms with Crippen LogP contribution in [0.5, 0.6) is 5.75 Å². The first-order valence-corrected chi connectivity index (χ1v) is 10.4. The van der Waals surface area contributed by atoms with Gasteiger partial charge in [-0.2, -0.15) is 0 Å². The molecule has 1 N–H and O–H groups in total. The van der Waals surface area contributed by atoms with Crippen molar-refractivity contribution in [3.63, 3.8) is 0 Å². The number of benzene rings is 1. The van der Waals surface area contributed by atoms with Crippen LogP contribution in [0.4, 0.5) is 0 Å². The second-order valence-corrected chi connectivity index (χ2v) is 8.91. The number of nitrogens with zero attached hydrogens (tertiary/aromatic N) is 2. The number of ether oxygens (including phenoxy) is 1. The Morgan fingerprint density at radius 2 is 2.03 bits per heavy atom. The van der Waals surface area contributed by atoms with Crippen LogP contribution in [0.1, 0.15) is 48.9 Å². The van der Waals surface area contributed by atoms with Crippen LogP contribution in [0.15, 0.2) is 47.1 Å². The summed E-state index contributed by atoms with van der Waals surface area (Å²) < 4.78 is 11.8. The molecule has 1 aromatic carbocycles. The van der Waals surface area contributed by atoms with Gasteiger partial charge in [-0.3, -0.25) is 14.7 Å². The van der Waals surface area contributed by atoms with Crippen molar-refractivity contribution in [1.29, 1.82) is 0 Å². The monoisotopic (exact) mass is 407 g/mol. The van der Waals surface area contributed by atoms with E-state index in [1.165, 1.54) is 0 Å². The Morgan fingerprint density at radius 1 is 1.27 bits per heavy atom. The van der Waals surface area contributed by atoms with Gasteiger partial charge in [-0.1, -0.05) is 0 Å². The molecule has 3 aromatic rings. The van der Waals surface area contributed by atoms with Crippen molar-refractivity contribution in [2.45, 2.75) is 52.3 Å². The summed E-state index contributed by atoms with van der Waals surface area (Å²) >= 11 is 0. The highest BCUT2D eigenvalue weighted by Crippen LogP contribution is 2.30.